The Bertz CT molecular complexity index is 616. The van der Waals surface area contributed by atoms with Gasteiger partial charge >= 0.3 is 5.97 Å². The molecule has 1 aliphatic carbocycles. The molecule has 1 saturated carbocycles. The molecule has 1 aromatic carbocycles. The molecule has 2 rings (SSSR count). The summed E-state index contributed by atoms with van der Waals surface area (Å²) in [7, 11) is 0. The van der Waals surface area contributed by atoms with Gasteiger partial charge in [0.1, 0.15) is 6.61 Å². The minimum absolute atomic E-state index is 0.00892. The van der Waals surface area contributed by atoms with Crippen LogP contribution in [0.15, 0.2) is 35.9 Å². The lowest BCUT2D eigenvalue weighted by molar-refractivity contribution is -0.147. The van der Waals surface area contributed by atoms with Gasteiger partial charge in [-0.15, -0.1) is 0 Å². The first-order valence-electron chi connectivity index (χ1n) is 7.62. The quantitative estimate of drug-likeness (QED) is 0.609. The summed E-state index contributed by atoms with van der Waals surface area (Å²) in [5.74, 6) is 0.122. The third-order valence-electron chi connectivity index (χ3n) is 4.36. The summed E-state index contributed by atoms with van der Waals surface area (Å²) in [6, 6.07) is 9.74. The van der Waals surface area contributed by atoms with Gasteiger partial charge in [0.25, 0.3) is 0 Å². The Balaban J connectivity index is 1.91. The molecule has 1 aromatic rings. The van der Waals surface area contributed by atoms with E-state index in [9.17, 15) is 4.79 Å². The molecule has 2 atom stereocenters. The normalized spacial score (nSPS) is 21.6. The lowest BCUT2D eigenvalue weighted by Crippen LogP contribution is -2.10. The van der Waals surface area contributed by atoms with E-state index in [-0.39, 0.29) is 23.2 Å². The van der Waals surface area contributed by atoms with Crippen LogP contribution >= 0.6 is 0 Å². The fourth-order valence-electron chi connectivity index (χ4n) is 2.89. The second kappa shape index (κ2) is 6.36. The molecule has 1 fully saturated rings. The van der Waals surface area contributed by atoms with Gasteiger partial charge in [-0.3, -0.25) is 4.79 Å². The van der Waals surface area contributed by atoms with Gasteiger partial charge in [-0.1, -0.05) is 49.8 Å². The number of esters is 1. The summed E-state index contributed by atoms with van der Waals surface area (Å²) >= 11 is 0. The van der Waals surface area contributed by atoms with Gasteiger partial charge in [0.05, 0.1) is 18.4 Å². The molecule has 0 bridgehead atoms. The molecule has 0 aliphatic heterocycles. The van der Waals surface area contributed by atoms with Crippen molar-refractivity contribution in [2.75, 3.05) is 0 Å². The molecule has 0 saturated heterocycles. The van der Waals surface area contributed by atoms with Crippen LogP contribution in [0, 0.1) is 28.6 Å². The van der Waals surface area contributed by atoms with Crippen molar-refractivity contribution in [3.63, 3.8) is 0 Å². The molecule has 0 heterocycles. The van der Waals surface area contributed by atoms with E-state index in [0.717, 1.165) is 11.1 Å². The Hall–Kier alpha value is -2.08. The van der Waals surface area contributed by atoms with E-state index in [4.69, 9.17) is 10.00 Å². The molecule has 0 amide bonds. The van der Waals surface area contributed by atoms with Crippen molar-refractivity contribution in [2.45, 2.75) is 40.7 Å². The molecular weight excluding hydrogens is 274 g/mol. The number of rotatable bonds is 5. The van der Waals surface area contributed by atoms with Gasteiger partial charge in [-0.05, 0) is 36.3 Å². The molecule has 1 aliphatic rings. The number of ether oxygens (including phenoxy) is 1. The van der Waals surface area contributed by atoms with E-state index in [1.807, 2.05) is 24.3 Å². The Morgan fingerprint density at radius 2 is 1.86 bits per heavy atom. The summed E-state index contributed by atoms with van der Waals surface area (Å²) in [6.45, 7) is 8.62. The lowest BCUT2D eigenvalue weighted by Gasteiger charge is -2.06. The number of benzene rings is 1. The maximum Gasteiger partial charge on any atom is 0.310 e. The highest BCUT2D eigenvalue weighted by Gasteiger charge is 2.61. The molecule has 0 spiro atoms. The molecule has 116 valence electrons. The summed E-state index contributed by atoms with van der Waals surface area (Å²) < 4.78 is 5.47. The predicted octanol–water partition coefficient (Wildman–Crippen LogP) is 4.03. The van der Waals surface area contributed by atoms with Crippen LogP contribution in [0.3, 0.4) is 0 Å². The SMILES string of the molecule is CC(C)=C[C@@H]1[C@@H](C(=O)OCc2ccc(CC#N)cc2)C1(C)C. The average molecular weight is 297 g/mol. The second-order valence-electron chi connectivity index (χ2n) is 6.83. The van der Waals surface area contributed by atoms with E-state index < -0.39 is 0 Å². The third kappa shape index (κ3) is 3.57. The Morgan fingerprint density at radius 3 is 2.41 bits per heavy atom. The van der Waals surface area contributed by atoms with Crippen molar-refractivity contribution in [1.82, 2.24) is 0 Å². The number of nitriles is 1. The predicted molar refractivity (Wildman–Crippen MR) is 85.7 cm³/mol. The van der Waals surface area contributed by atoms with Crippen LogP contribution in [0.2, 0.25) is 0 Å². The van der Waals surface area contributed by atoms with Gasteiger partial charge in [-0.25, -0.2) is 0 Å². The maximum atomic E-state index is 12.3. The van der Waals surface area contributed by atoms with Crippen molar-refractivity contribution in [2.24, 2.45) is 17.3 Å². The fraction of sp³-hybridized carbons (Fsp3) is 0.474. The molecule has 22 heavy (non-hydrogen) atoms. The zero-order valence-corrected chi connectivity index (χ0v) is 13.7. The molecule has 3 nitrogen and oxygen atoms in total. The molecule has 0 N–H and O–H groups in total. The van der Waals surface area contributed by atoms with Gasteiger partial charge in [0.2, 0.25) is 0 Å². The molecule has 3 heteroatoms. The summed E-state index contributed by atoms with van der Waals surface area (Å²) in [5, 5.41) is 8.65. The summed E-state index contributed by atoms with van der Waals surface area (Å²) in [6.07, 6.45) is 2.57. The van der Waals surface area contributed by atoms with Crippen LogP contribution in [0.5, 0.6) is 0 Å². The molecular formula is C19H23NO2. The number of hydrogen-bond donors (Lipinski definition) is 0. The summed E-state index contributed by atoms with van der Waals surface area (Å²) in [4.78, 5) is 12.3. The van der Waals surface area contributed by atoms with E-state index in [1.165, 1.54) is 5.57 Å². The Morgan fingerprint density at radius 1 is 1.27 bits per heavy atom. The standard InChI is InChI=1S/C19H23NO2/c1-13(2)11-16-17(19(16,3)4)18(21)22-12-15-7-5-14(6-8-15)9-10-20/h5-8,11,16-17H,9,12H2,1-4H3/t16-,17+/m1/s1. The van der Waals surface area contributed by atoms with Crippen LogP contribution in [0.1, 0.15) is 38.8 Å². The Kier molecular flexibility index (Phi) is 4.71. The van der Waals surface area contributed by atoms with Crippen molar-refractivity contribution < 1.29 is 9.53 Å². The van der Waals surface area contributed by atoms with Crippen LogP contribution < -0.4 is 0 Å². The van der Waals surface area contributed by atoms with Gasteiger partial charge in [0, 0.05) is 0 Å². The number of hydrogen-bond acceptors (Lipinski definition) is 3. The minimum Gasteiger partial charge on any atom is -0.461 e. The maximum absolute atomic E-state index is 12.3. The molecule has 0 unspecified atom stereocenters. The highest BCUT2D eigenvalue weighted by atomic mass is 16.5. The van der Waals surface area contributed by atoms with Crippen molar-refractivity contribution >= 4 is 5.97 Å². The second-order valence-corrected chi connectivity index (χ2v) is 6.83. The fourth-order valence-corrected chi connectivity index (χ4v) is 2.89. The Labute approximate surface area is 132 Å². The number of nitrogens with zero attached hydrogens (tertiary/aromatic N) is 1. The third-order valence-corrected chi connectivity index (χ3v) is 4.36. The number of allylic oxidation sites excluding steroid dienone is 2. The first-order valence-corrected chi connectivity index (χ1v) is 7.62. The van der Waals surface area contributed by atoms with Crippen LogP contribution in [-0.4, -0.2) is 5.97 Å². The van der Waals surface area contributed by atoms with Crippen LogP contribution in [-0.2, 0) is 22.6 Å². The zero-order valence-electron chi connectivity index (χ0n) is 13.7. The van der Waals surface area contributed by atoms with Crippen LogP contribution in [0.4, 0.5) is 0 Å². The topological polar surface area (TPSA) is 50.1 Å². The highest BCUT2D eigenvalue weighted by molar-refractivity contribution is 5.78. The highest BCUT2D eigenvalue weighted by Crippen LogP contribution is 2.59. The van der Waals surface area contributed by atoms with Gasteiger partial charge in [0.15, 0.2) is 0 Å². The zero-order chi connectivity index (χ0) is 16.3. The van der Waals surface area contributed by atoms with E-state index in [2.05, 4.69) is 39.8 Å². The van der Waals surface area contributed by atoms with Crippen molar-refractivity contribution in [3.8, 4) is 6.07 Å². The minimum atomic E-state index is -0.117. The molecule has 0 radical (unpaired) electrons. The lowest BCUT2D eigenvalue weighted by atomic mass is 10.1. The largest absolute Gasteiger partial charge is 0.461 e. The van der Waals surface area contributed by atoms with Crippen molar-refractivity contribution in [3.05, 3.63) is 47.0 Å². The number of carbonyl (C=O) groups is 1. The smallest absolute Gasteiger partial charge is 0.310 e. The first kappa shape index (κ1) is 16.3. The van der Waals surface area contributed by atoms with Gasteiger partial charge in [-0.2, -0.15) is 5.26 Å². The average Bonchev–Trinajstić information content (AvgIpc) is 2.98. The van der Waals surface area contributed by atoms with E-state index in [0.29, 0.717) is 13.0 Å². The van der Waals surface area contributed by atoms with Crippen LogP contribution in [0.25, 0.3) is 0 Å². The first-order chi connectivity index (χ1) is 10.4. The van der Waals surface area contributed by atoms with Crippen molar-refractivity contribution in [1.29, 1.82) is 5.26 Å². The molecule has 0 aromatic heterocycles. The summed E-state index contributed by atoms with van der Waals surface area (Å²) in [5.41, 5.74) is 3.16. The van der Waals surface area contributed by atoms with Gasteiger partial charge < -0.3 is 4.74 Å². The monoisotopic (exact) mass is 297 g/mol. The number of carbonyl (C=O) groups excluding carboxylic acids is 1. The van der Waals surface area contributed by atoms with E-state index >= 15 is 0 Å². The van der Waals surface area contributed by atoms with E-state index in [1.54, 1.807) is 0 Å².